The van der Waals surface area contributed by atoms with Gasteiger partial charge in [-0.3, -0.25) is 9.59 Å². The maximum atomic E-state index is 11.7. The van der Waals surface area contributed by atoms with Gasteiger partial charge in [0.25, 0.3) is 0 Å². The molecule has 59 heavy (non-hydrogen) atoms. The molecule has 4 N–H and O–H groups in total. The van der Waals surface area contributed by atoms with Crippen molar-refractivity contribution in [3.05, 3.63) is 93.0 Å². The topological polar surface area (TPSA) is 171 Å². The van der Waals surface area contributed by atoms with Crippen LogP contribution in [0.1, 0.15) is 108 Å². The first-order valence-corrected chi connectivity index (χ1v) is 20.6. The number of esters is 1. The Balaban J connectivity index is 1.13. The number of aromatic nitrogens is 2. The van der Waals surface area contributed by atoms with E-state index in [0.717, 1.165) is 81.3 Å². The molecule has 2 aromatic carbocycles. The summed E-state index contributed by atoms with van der Waals surface area (Å²) in [6.45, 7) is 8.72. The van der Waals surface area contributed by atoms with Crippen LogP contribution in [0.4, 0.5) is 0 Å². The molecular formula is C46H58N4O9. The van der Waals surface area contributed by atoms with E-state index in [1.165, 1.54) is 0 Å². The number of carboxylic acids is 1. The number of carboxylic acid groups (broad SMARTS) is 1. The molecule has 13 heteroatoms. The molecule has 2 fully saturated rings. The summed E-state index contributed by atoms with van der Waals surface area (Å²) in [5.74, 6) is 1.65. The normalized spacial score (nSPS) is 14.1. The number of aliphatic hydroxyl groups is 1. The number of pyridine rings is 2. The Hall–Kier alpha value is -5.24. The molecule has 2 aliphatic carbocycles. The zero-order valence-electron chi connectivity index (χ0n) is 34.9. The van der Waals surface area contributed by atoms with E-state index in [4.69, 9.17) is 38.8 Å². The molecule has 0 radical (unpaired) electrons. The summed E-state index contributed by atoms with van der Waals surface area (Å²) in [6.07, 6.45) is 4.06. The van der Waals surface area contributed by atoms with Crippen LogP contribution in [0, 0.1) is 13.8 Å². The van der Waals surface area contributed by atoms with Crippen LogP contribution < -0.4 is 29.6 Å². The highest BCUT2D eigenvalue weighted by molar-refractivity contribution is 5.72. The van der Waals surface area contributed by atoms with E-state index in [1.54, 1.807) is 21.1 Å². The molecule has 316 valence electrons. The molecule has 2 saturated carbocycles. The van der Waals surface area contributed by atoms with Crippen molar-refractivity contribution in [1.29, 1.82) is 0 Å². The van der Waals surface area contributed by atoms with Gasteiger partial charge in [0, 0.05) is 48.3 Å². The van der Waals surface area contributed by atoms with Crippen LogP contribution in [0.3, 0.4) is 0 Å². The number of aliphatic carboxylic acids is 1. The second kappa shape index (κ2) is 20.6. The summed E-state index contributed by atoms with van der Waals surface area (Å²) >= 11 is 0. The SMILES string of the molecule is CCOC(=O)C[C@H](O)CNCc1cc(C2CC2)c(OCc2cccc(-c3cccc(COc4nc(OC)c(CNCCCC(=O)O)cc4C4CC4)c3C)c2C)nc1OC. The van der Waals surface area contributed by atoms with Gasteiger partial charge in [-0.1, -0.05) is 36.4 Å². The van der Waals surface area contributed by atoms with Crippen molar-refractivity contribution in [2.75, 3.05) is 33.9 Å². The molecular weight excluding hydrogens is 753 g/mol. The zero-order valence-corrected chi connectivity index (χ0v) is 34.9. The number of hydrogen-bond donors (Lipinski definition) is 4. The quantitative estimate of drug-likeness (QED) is 0.0420. The number of carbonyl (C=O) groups excluding carboxylic acids is 1. The number of nitrogens with one attached hydrogen (secondary N) is 2. The van der Waals surface area contributed by atoms with Gasteiger partial charge in [-0.05, 0) is 117 Å². The van der Waals surface area contributed by atoms with Crippen molar-refractivity contribution in [3.63, 3.8) is 0 Å². The second-order valence-electron chi connectivity index (χ2n) is 15.4. The number of benzene rings is 2. The van der Waals surface area contributed by atoms with Crippen LogP contribution in [-0.2, 0) is 40.6 Å². The lowest BCUT2D eigenvalue weighted by molar-refractivity contribution is -0.145. The van der Waals surface area contributed by atoms with Crippen molar-refractivity contribution >= 4 is 11.9 Å². The number of carbonyl (C=O) groups is 2. The van der Waals surface area contributed by atoms with E-state index in [2.05, 4.69) is 73.0 Å². The third-order valence-corrected chi connectivity index (χ3v) is 10.9. The van der Waals surface area contributed by atoms with Gasteiger partial charge in [0.05, 0.1) is 33.4 Å². The molecule has 0 aliphatic heterocycles. The Morgan fingerprint density at radius 2 is 1.27 bits per heavy atom. The van der Waals surface area contributed by atoms with Gasteiger partial charge in [0.1, 0.15) is 13.2 Å². The fourth-order valence-electron chi connectivity index (χ4n) is 7.29. The number of aliphatic hydroxyl groups excluding tert-OH is 1. The van der Waals surface area contributed by atoms with Crippen molar-refractivity contribution in [3.8, 4) is 34.6 Å². The number of rotatable bonds is 24. The van der Waals surface area contributed by atoms with Crippen molar-refractivity contribution in [1.82, 2.24) is 20.6 Å². The standard InChI is InChI=1S/C46H58N4O9/c1-6-57-42(54)22-36(51)25-48-24-35-21-40(31-17-18-31)46(50-44(35)56-5)59-27-33-11-8-13-38(29(33)3)37-12-7-10-32(28(37)2)26-58-45-39(30-15-16-30)20-34(43(49-45)55-4)23-47-19-9-14-41(52)53/h7-8,10-13,20-21,30-31,36,47-48,51H,6,9,14-19,22-27H2,1-5H3,(H,52,53)/t36-/m0/s1. The van der Waals surface area contributed by atoms with Crippen LogP contribution in [-0.4, -0.2) is 72.1 Å². The molecule has 2 heterocycles. The Morgan fingerprint density at radius 3 is 1.73 bits per heavy atom. The third kappa shape index (κ3) is 11.7. The predicted octanol–water partition coefficient (Wildman–Crippen LogP) is 7.05. The van der Waals surface area contributed by atoms with Crippen LogP contribution in [0.25, 0.3) is 11.1 Å². The van der Waals surface area contributed by atoms with Crippen LogP contribution in [0.2, 0.25) is 0 Å². The van der Waals surface area contributed by atoms with E-state index in [1.807, 2.05) is 0 Å². The number of methoxy groups -OCH3 is 2. The lowest BCUT2D eigenvalue weighted by atomic mass is 9.92. The Bertz CT molecular complexity index is 2080. The number of ether oxygens (including phenoxy) is 5. The fraction of sp³-hybridized carbons (Fsp3) is 0.478. The van der Waals surface area contributed by atoms with Crippen LogP contribution in [0.5, 0.6) is 23.5 Å². The number of hydrogen-bond acceptors (Lipinski definition) is 12. The zero-order chi connectivity index (χ0) is 41.9. The molecule has 0 bridgehead atoms. The Labute approximate surface area is 346 Å². The molecule has 13 nitrogen and oxygen atoms in total. The van der Waals surface area contributed by atoms with Gasteiger partial charge in [-0.2, -0.15) is 9.97 Å². The van der Waals surface area contributed by atoms with E-state index in [0.29, 0.717) is 74.6 Å². The molecule has 0 saturated heterocycles. The maximum Gasteiger partial charge on any atom is 0.308 e. The summed E-state index contributed by atoms with van der Waals surface area (Å²) in [6, 6.07) is 16.8. The first-order valence-electron chi connectivity index (χ1n) is 20.6. The Morgan fingerprint density at radius 1 is 0.763 bits per heavy atom. The first kappa shape index (κ1) is 43.3. The minimum Gasteiger partial charge on any atom is -0.481 e. The lowest BCUT2D eigenvalue weighted by Gasteiger charge is -2.19. The van der Waals surface area contributed by atoms with Crippen molar-refractivity contribution in [2.45, 2.75) is 110 Å². The van der Waals surface area contributed by atoms with Crippen molar-refractivity contribution in [2.24, 2.45) is 0 Å². The second-order valence-corrected chi connectivity index (χ2v) is 15.4. The highest BCUT2D eigenvalue weighted by Gasteiger charge is 2.31. The van der Waals surface area contributed by atoms with Gasteiger partial charge in [-0.25, -0.2) is 0 Å². The molecule has 0 unspecified atom stereocenters. The molecule has 0 spiro atoms. The summed E-state index contributed by atoms with van der Waals surface area (Å²) < 4.78 is 29.3. The predicted molar refractivity (Wildman–Crippen MR) is 223 cm³/mol. The molecule has 6 rings (SSSR count). The lowest BCUT2D eigenvalue weighted by Crippen LogP contribution is -2.29. The summed E-state index contributed by atoms with van der Waals surface area (Å²) in [5.41, 5.74) is 10.5. The third-order valence-electron chi connectivity index (χ3n) is 10.9. The van der Waals surface area contributed by atoms with Crippen LogP contribution >= 0.6 is 0 Å². The van der Waals surface area contributed by atoms with Crippen molar-refractivity contribution < 1.29 is 43.5 Å². The largest absolute Gasteiger partial charge is 0.481 e. The summed E-state index contributed by atoms with van der Waals surface area (Å²) in [5, 5.41) is 25.8. The van der Waals surface area contributed by atoms with Gasteiger partial charge in [0.2, 0.25) is 23.5 Å². The Kier molecular flexibility index (Phi) is 15.2. The fourth-order valence-corrected chi connectivity index (χ4v) is 7.29. The maximum absolute atomic E-state index is 11.7. The van der Waals surface area contributed by atoms with Crippen LogP contribution in [0.15, 0.2) is 48.5 Å². The molecule has 2 aliphatic rings. The molecule has 0 amide bonds. The average Bonchev–Trinajstić information content (AvgIpc) is 4.15. The van der Waals surface area contributed by atoms with E-state index in [9.17, 15) is 14.7 Å². The molecule has 1 atom stereocenters. The van der Waals surface area contributed by atoms with E-state index >= 15 is 0 Å². The smallest absolute Gasteiger partial charge is 0.308 e. The molecule has 2 aromatic heterocycles. The van der Waals surface area contributed by atoms with E-state index in [-0.39, 0.29) is 26.0 Å². The molecule has 4 aromatic rings. The van der Waals surface area contributed by atoms with Gasteiger partial charge in [0.15, 0.2) is 0 Å². The number of nitrogens with zero attached hydrogens (tertiary/aromatic N) is 2. The van der Waals surface area contributed by atoms with Gasteiger partial charge in [-0.15, -0.1) is 0 Å². The highest BCUT2D eigenvalue weighted by atomic mass is 16.5. The van der Waals surface area contributed by atoms with Gasteiger partial charge < -0.3 is 44.5 Å². The summed E-state index contributed by atoms with van der Waals surface area (Å²) in [4.78, 5) is 32.3. The monoisotopic (exact) mass is 810 g/mol. The minimum atomic E-state index is -0.859. The van der Waals surface area contributed by atoms with E-state index < -0.39 is 18.0 Å². The average molecular weight is 811 g/mol. The summed E-state index contributed by atoms with van der Waals surface area (Å²) in [7, 11) is 3.19. The van der Waals surface area contributed by atoms with Gasteiger partial charge >= 0.3 is 11.9 Å². The first-order chi connectivity index (χ1) is 28.6. The highest BCUT2D eigenvalue weighted by Crippen LogP contribution is 2.46. The minimum absolute atomic E-state index is 0.0684.